The number of esters is 1. The quantitative estimate of drug-likeness (QED) is 0.819. The molecule has 1 saturated carbocycles. The molecule has 0 spiro atoms. The van der Waals surface area contributed by atoms with Crippen LogP contribution in [0.1, 0.15) is 63.1 Å². The van der Waals surface area contributed by atoms with Crippen molar-refractivity contribution in [2.75, 3.05) is 0 Å². The lowest BCUT2D eigenvalue weighted by Crippen LogP contribution is -2.45. The van der Waals surface area contributed by atoms with Crippen LogP contribution in [0.5, 0.6) is 0 Å². The Kier molecular flexibility index (Phi) is 5.41. The van der Waals surface area contributed by atoms with E-state index in [1.165, 1.54) is 12.0 Å². The second-order valence-electron chi connectivity index (χ2n) is 6.83. The number of benzene rings is 1. The van der Waals surface area contributed by atoms with Gasteiger partial charge < -0.3 is 15.4 Å². The monoisotopic (exact) mass is 342 g/mol. The normalized spacial score (nSPS) is 21.5. The summed E-state index contributed by atoms with van der Waals surface area (Å²) < 4.78 is 5.74. The van der Waals surface area contributed by atoms with Gasteiger partial charge in [0.05, 0.1) is 11.6 Å². The van der Waals surface area contributed by atoms with E-state index >= 15 is 0 Å². The van der Waals surface area contributed by atoms with Crippen molar-refractivity contribution >= 4 is 12.0 Å². The molecule has 2 aliphatic rings. The van der Waals surface area contributed by atoms with Gasteiger partial charge in [0.2, 0.25) is 0 Å². The minimum atomic E-state index is -0.476. The number of hydrogen-bond acceptors (Lipinski definition) is 3. The summed E-state index contributed by atoms with van der Waals surface area (Å²) in [6.45, 7) is 3.85. The van der Waals surface area contributed by atoms with Gasteiger partial charge in [-0.3, -0.25) is 0 Å². The Morgan fingerprint density at radius 1 is 1.16 bits per heavy atom. The molecule has 1 atom stereocenters. The van der Waals surface area contributed by atoms with Crippen LogP contribution in [0.4, 0.5) is 4.79 Å². The summed E-state index contributed by atoms with van der Waals surface area (Å²) in [5.74, 6) is -0.332. The summed E-state index contributed by atoms with van der Waals surface area (Å²) in [5.41, 5.74) is 3.17. The first-order valence-corrected chi connectivity index (χ1v) is 9.16. The Hall–Kier alpha value is -2.30. The molecule has 2 N–H and O–H groups in total. The molecular weight excluding hydrogens is 316 g/mol. The molecule has 1 aromatic carbocycles. The van der Waals surface area contributed by atoms with Crippen molar-refractivity contribution in [1.82, 2.24) is 10.6 Å². The van der Waals surface area contributed by atoms with Crippen molar-refractivity contribution in [2.24, 2.45) is 0 Å². The van der Waals surface area contributed by atoms with Gasteiger partial charge in [-0.05, 0) is 50.2 Å². The fraction of sp³-hybridized carbons (Fsp3) is 0.500. The van der Waals surface area contributed by atoms with Gasteiger partial charge in [0, 0.05) is 5.70 Å². The lowest BCUT2D eigenvalue weighted by Gasteiger charge is -2.30. The van der Waals surface area contributed by atoms with Gasteiger partial charge in [0.25, 0.3) is 0 Å². The fourth-order valence-corrected chi connectivity index (χ4v) is 3.56. The standard InChI is InChI=1S/C20H26N2O3/c1-3-14-9-11-15(12-10-14)18-17(13(2)21-20(24)22-18)19(23)25-16-7-5-4-6-8-16/h9-12,16,18H,3-8H2,1-2H3,(H2,21,22,24)/t18-/m0/s1. The second-order valence-corrected chi connectivity index (χ2v) is 6.83. The molecular formula is C20H26N2O3. The molecule has 1 aliphatic heterocycles. The summed E-state index contributed by atoms with van der Waals surface area (Å²) in [6, 6.07) is 7.23. The van der Waals surface area contributed by atoms with Gasteiger partial charge in [-0.2, -0.15) is 0 Å². The second kappa shape index (κ2) is 7.72. The number of amides is 2. The highest BCUT2D eigenvalue weighted by Crippen LogP contribution is 2.29. The van der Waals surface area contributed by atoms with E-state index in [1.807, 2.05) is 24.3 Å². The number of urea groups is 1. The number of hydrogen-bond donors (Lipinski definition) is 2. The topological polar surface area (TPSA) is 67.4 Å². The third-order valence-electron chi connectivity index (χ3n) is 5.04. The van der Waals surface area contributed by atoms with Crippen molar-refractivity contribution in [3.05, 3.63) is 46.7 Å². The zero-order valence-electron chi connectivity index (χ0n) is 14.9. The average molecular weight is 342 g/mol. The molecule has 0 unspecified atom stereocenters. The molecule has 5 heteroatoms. The lowest BCUT2D eigenvalue weighted by atomic mass is 9.94. The van der Waals surface area contributed by atoms with Crippen LogP contribution < -0.4 is 10.6 Å². The SMILES string of the molecule is CCc1ccc([C@@H]2NC(=O)NC(C)=C2C(=O)OC2CCCCC2)cc1. The first kappa shape index (κ1) is 17.5. The molecule has 1 heterocycles. The van der Waals surface area contributed by atoms with Crippen LogP contribution in [-0.4, -0.2) is 18.1 Å². The van der Waals surface area contributed by atoms with E-state index in [1.54, 1.807) is 6.92 Å². The minimum Gasteiger partial charge on any atom is -0.459 e. The van der Waals surface area contributed by atoms with Crippen LogP contribution in [0.15, 0.2) is 35.5 Å². The molecule has 1 fully saturated rings. The van der Waals surface area contributed by atoms with E-state index in [2.05, 4.69) is 17.6 Å². The highest BCUT2D eigenvalue weighted by molar-refractivity contribution is 5.95. The first-order chi connectivity index (χ1) is 12.1. The molecule has 134 valence electrons. The summed E-state index contributed by atoms with van der Waals surface area (Å²) in [7, 11) is 0. The van der Waals surface area contributed by atoms with Crippen LogP contribution >= 0.6 is 0 Å². The smallest absolute Gasteiger partial charge is 0.338 e. The van der Waals surface area contributed by atoms with Crippen LogP contribution in [0, 0.1) is 0 Å². The summed E-state index contributed by atoms with van der Waals surface area (Å²) in [4.78, 5) is 24.7. The van der Waals surface area contributed by atoms with Gasteiger partial charge in [0.15, 0.2) is 0 Å². The zero-order chi connectivity index (χ0) is 17.8. The summed E-state index contributed by atoms with van der Waals surface area (Å²) >= 11 is 0. The van der Waals surface area contributed by atoms with Gasteiger partial charge in [0.1, 0.15) is 6.10 Å². The van der Waals surface area contributed by atoms with E-state index < -0.39 is 6.04 Å². The number of nitrogens with one attached hydrogen (secondary N) is 2. The summed E-state index contributed by atoms with van der Waals surface area (Å²) in [5, 5.41) is 5.56. The Balaban J connectivity index is 1.84. The van der Waals surface area contributed by atoms with Crippen molar-refractivity contribution in [1.29, 1.82) is 0 Å². The van der Waals surface area contributed by atoms with Crippen LogP contribution in [0.3, 0.4) is 0 Å². The zero-order valence-corrected chi connectivity index (χ0v) is 14.9. The van der Waals surface area contributed by atoms with Gasteiger partial charge in [-0.25, -0.2) is 9.59 Å². The molecule has 3 rings (SSSR count). The van der Waals surface area contributed by atoms with Crippen LogP contribution in [-0.2, 0) is 16.0 Å². The molecule has 0 saturated heterocycles. The maximum Gasteiger partial charge on any atom is 0.338 e. The van der Waals surface area contributed by atoms with E-state index in [0.717, 1.165) is 37.7 Å². The van der Waals surface area contributed by atoms with E-state index in [4.69, 9.17) is 4.74 Å². The Morgan fingerprint density at radius 2 is 1.84 bits per heavy atom. The predicted octanol–water partition coefficient (Wildman–Crippen LogP) is 3.75. The molecule has 0 radical (unpaired) electrons. The Bertz CT molecular complexity index is 673. The third-order valence-corrected chi connectivity index (χ3v) is 5.04. The molecule has 0 aromatic heterocycles. The number of allylic oxidation sites excluding steroid dienone is 1. The highest BCUT2D eigenvalue weighted by Gasteiger charge is 2.33. The molecule has 25 heavy (non-hydrogen) atoms. The number of carbonyl (C=O) groups is 2. The Labute approximate surface area is 148 Å². The van der Waals surface area contributed by atoms with Crippen molar-refractivity contribution in [3.63, 3.8) is 0 Å². The van der Waals surface area contributed by atoms with Gasteiger partial charge in [-0.1, -0.05) is 37.6 Å². The van der Waals surface area contributed by atoms with Crippen molar-refractivity contribution < 1.29 is 14.3 Å². The first-order valence-electron chi connectivity index (χ1n) is 9.16. The maximum absolute atomic E-state index is 12.8. The third kappa shape index (κ3) is 4.03. The van der Waals surface area contributed by atoms with Crippen LogP contribution in [0.2, 0.25) is 0 Å². The molecule has 5 nitrogen and oxygen atoms in total. The number of ether oxygens (including phenoxy) is 1. The molecule has 1 aliphatic carbocycles. The summed E-state index contributed by atoms with van der Waals surface area (Å²) in [6.07, 6.45) is 6.20. The van der Waals surface area contributed by atoms with E-state index in [9.17, 15) is 9.59 Å². The van der Waals surface area contributed by atoms with Crippen molar-refractivity contribution in [2.45, 2.75) is 64.5 Å². The number of aryl methyl sites for hydroxylation is 1. The molecule has 1 aromatic rings. The molecule has 2 amide bonds. The van der Waals surface area contributed by atoms with E-state index in [0.29, 0.717) is 11.3 Å². The van der Waals surface area contributed by atoms with Crippen molar-refractivity contribution in [3.8, 4) is 0 Å². The predicted molar refractivity (Wildman–Crippen MR) is 95.9 cm³/mol. The van der Waals surface area contributed by atoms with Gasteiger partial charge in [-0.15, -0.1) is 0 Å². The van der Waals surface area contributed by atoms with Crippen LogP contribution in [0.25, 0.3) is 0 Å². The largest absolute Gasteiger partial charge is 0.459 e. The Morgan fingerprint density at radius 3 is 2.48 bits per heavy atom. The van der Waals surface area contributed by atoms with Gasteiger partial charge >= 0.3 is 12.0 Å². The number of rotatable bonds is 4. The fourth-order valence-electron chi connectivity index (χ4n) is 3.56. The van der Waals surface area contributed by atoms with E-state index in [-0.39, 0.29) is 18.1 Å². The average Bonchev–Trinajstić information content (AvgIpc) is 2.62. The minimum absolute atomic E-state index is 0.0118. The lowest BCUT2D eigenvalue weighted by molar-refractivity contribution is -0.146. The molecule has 0 bridgehead atoms. The number of carbonyl (C=O) groups excluding carboxylic acids is 2. The highest BCUT2D eigenvalue weighted by atomic mass is 16.5. The maximum atomic E-state index is 12.8.